The van der Waals surface area contributed by atoms with Crippen LogP contribution in [-0.2, 0) is 4.74 Å². The molecule has 3 fully saturated rings. The first-order valence-corrected chi connectivity index (χ1v) is 11.2. The molecule has 0 spiro atoms. The van der Waals surface area contributed by atoms with E-state index in [0.717, 1.165) is 63.5 Å². The van der Waals surface area contributed by atoms with Crippen LogP contribution in [0.15, 0.2) is 18.3 Å². The summed E-state index contributed by atoms with van der Waals surface area (Å²) in [4.78, 5) is 22.3. The van der Waals surface area contributed by atoms with Gasteiger partial charge in [0.25, 0.3) is 0 Å². The fourth-order valence-electron chi connectivity index (χ4n) is 4.84. The summed E-state index contributed by atoms with van der Waals surface area (Å²) in [5.74, 6) is 0.796. The molecule has 0 bridgehead atoms. The average Bonchev–Trinajstić information content (AvgIpc) is 2.76. The lowest BCUT2D eigenvalue weighted by atomic mass is 9.94. The van der Waals surface area contributed by atoms with Crippen LogP contribution in [0.5, 0.6) is 0 Å². The van der Waals surface area contributed by atoms with Crippen molar-refractivity contribution in [1.29, 1.82) is 0 Å². The minimum atomic E-state index is 0.0467. The van der Waals surface area contributed by atoms with Crippen molar-refractivity contribution in [3.63, 3.8) is 0 Å². The number of ether oxygens (including phenoxy) is 1. The normalized spacial score (nSPS) is 22.1. The van der Waals surface area contributed by atoms with Gasteiger partial charge >= 0.3 is 6.03 Å². The monoisotopic (exact) mass is 386 g/mol. The van der Waals surface area contributed by atoms with Gasteiger partial charge in [-0.25, -0.2) is 9.78 Å². The number of rotatable bonds is 4. The highest BCUT2D eigenvalue weighted by Crippen LogP contribution is 2.29. The molecule has 1 aliphatic heterocycles. The summed E-state index contributed by atoms with van der Waals surface area (Å²) in [6.45, 7) is 3.29. The van der Waals surface area contributed by atoms with Crippen LogP contribution in [0.2, 0.25) is 0 Å². The number of morpholine rings is 1. The van der Waals surface area contributed by atoms with Crippen LogP contribution in [0.25, 0.3) is 0 Å². The molecule has 1 aromatic heterocycles. The Morgan fingerprint density at radius 1 is 1.04 bits per heavy atom. The summed E-state index contributed by atoms with van der Waals surface area (Å²) < 4.78 is 5.49. The Kier molecular flexibility index (Phi) is 6.68. The highest BCUT2D eigenvalue weighted by molar-refractivity contribution is 5.92. The molecule has 1 N–H and O–H groups in total. The zero-order chi connectivity index (χ0) is 19.2. The Morgan fingerprint density at radius 2 is 1.71 bits per heavy atom. The zero-order valence-electron chi connectivity index (χ0n) is 16.9. The van der Waals surface area contributed by atoms with E-state index in [1.807, 2.05) is 17.2 Å². The molecule has 1 aromatic rings. The van der Waals surface area contributed by atoms with Gasteiger partial charge in [-0.2, -0.15) is 0 Å². The topological polar surface area (TPSA) is 57.7 Å². The third-order valence-electron chi connectivity index (χ3n) is 6.44. The Morgan fingerprint density at radius 3 is 2.43 bits per heavy atom. The van der Waals surface area contributed by atoms with Crippen molar-refractivity contribution in [3.8, 4) is 0 Å². The predicted molar refractivity (Wildman–Crippen MR) is 112 cm³/mol. The molecule has 2 aliphatic carbocycles. The predicted octanol–water partition coefficient (Wildman–Crippen LogP) is 4.10. The van der Waals surface area contributed by atoms with Crippen LogP contribution in [0.3, 0.4) is 0 Å². The number of anilines is 2. The van der Waals surface area contributed by atoms with E-state index in [-0.39, 0.29) is 12.1 Å². The van der Waals surface area contributed by atoms with Gasteiger partial charge in [0.15, 0.2) is 0 Å². The van der Waals surface area contributed by atoms with Crippen molar-refractivity contribution in [1.82, 2.24) is 10.3 Å². The molecule has 0 radical (unpaired) electrons. The summed E-state index contributed by atoms with van der Waals surface area (Å²) in [5, 5.41) is 3.33. The molecule has 0 atom stereocenters. The molecule has 0 aromatic carbocycles. The SMILES string of the molecule is O=C(NC1CCCCC1)N(c1cc(N2CCOCC2)ccn1)C1CCCCC1. The van der Waals surface area contributed by atoms with E-state index in [1.165, 1.54) is 38.5 Å². The van der Waals surface area contributed by atoms with E-state index in [1.54, 1.807) is 0 Å². The number of hydrogen-bond acceptors (Lipinski definition) is 4. The molecule has 28 heavy (non-hydrogen) atoms. The van der Waals surface area contributed by atoms with Crippen LogP contribution in [0.4, 0.5) is 16.3 Å². The minimum absolute atomic E-state index is 0.0467. The molecule has 6 nitrogen and oxygen atoms in total. The number of amides is 2. The van der Waals surface area contributed by atoms with E-state index in [9.17, 15) is 4.79 Å². The highest BCUT2D eigenvalue weighted by atomic mass is 16.5. The Hall–Kier alpha value is -1.82. The van der Waals surface area contributed by atoms with Crippen molar-refractivity contribution in [2.75, 3.05) is 36.1 Å². The molecule has 2 heterocycles. The van der Waals surface area contributed by atoms with E-state index < -0.39 is 0 Å². The van der Waals surface area contributed by atoms with Crippen molar-refractivity contribution < 1.29 is 9.53 Å². The Balaban J connectivity index is 1.54. The van der Waals surface area contributed by atoms with Gasteiger partial charge in [0.05, 0.1) is 13.2 Å². The molecule has 3 aliphatic rings. The van der Waals surface area contributed by atoms with Crippen molar-refractivity contribution in [3.05, 3.63) is 18.3 Å². The quantitative estimate of drug-likeness (QED) is 0.846. The first-order valence-electron chi connectivity index (χ1n) is 11.2. The first-order chi connectivity index (χ1) is 13.8. The van der Waals surface area contributed by atoms with Crippen LogP contribution in [0.1, 0.15) is 64.2 Å². The summed E-state index contributed by atoms with van der Waals surface area (Å²) in [7, 11) is 0. The Bertz CT molecular complexity index is 635. The summed E-state index contributed by atoms with van der Waals surface area (Å²) in [6, 6.07) is 4.76. The average molecular weight is 387 g/mol. The standard InChI is InChI=1S/C22H34N4O2/c27-22(24-18-7-3-1-4-8-18)26(19-9-5-2-6-10-19)21-17-20(11-12-23-21)25-13-15-28-16-14-25/h11-12,17-19H,1-10,13-16H2,(H,24,27). The minimum Gasteiger partial charge on any atom is -0.378 e. The number of nitrogens with one attached hydrogen (secondary N) is 1. The smallest absolute Gasteiger partial charge is 0.323 e. The fourth-order valence-corrected chi connectivity index (χ4v) is 4.84. The summed E-state index contributed by atoms with van der Waals surface area (Å²) in [5.41, 5.74) is 1.14. The molecule has 2 amide bonds. The van der Waals surface area contributed by atoms with Crippen molar-refractivity contribution >= 4 is 17.5 Å². The van der Waals surface area contributed by atoms with Crippen LogP contribution in [0, 0.1) is 0 Å². The number of urea groups is 1. The molecule has 4 rings (SSSR count). The maximum Gasteiger partial charge on any atom is 0.323 e. The summed E-state index contributed by atoms with van der Waals surface area (Å²) in [6.07, 6.45) is 13.6. The summed E-state index contributed by atoms with van der Waals surface area (Å²) >= 11 is 0. The van der Waals surface area contributed by atoms with Gasteiger partial charge in [0.2, 0.25) is 0 Å². The third kappa shape index (κ3) is 4.77. The van der Waals surface area contributed by atoms with Gasteiger partial charge in [0.1, 0.15) is 5.82 Å². The second-order valence-electron chi connectivity index (χ2n) is 8.42. The Labute approximate surface area is 168 Å². The van der Waals surface area contributed by atoms with Gasteiger partial charge in [-0.15, -0.1) is 0 Å². The van der Waals surface area contributed by atoms with E-state index in [0.29, 0.717) is 6.04 Å². The molecule has 6 heteroatoms. The number of carbonyl (C=O) groups is 1. The van der Waals surface area contributed by atoms with E-state index >= 15 is 0 Å². The lowest BCUT2D eigenvalue weighted by Crippen LogP contribution is -2.51. The van der Waals surface area contributed by atoms with Crippen LogP contribution < -0.4 is 15.1 Å². The number of aromatic nitrogens is 1. The number of hydrogen-bond donors (Lipinski definition) is 1. The molecule has 154 valence electrons. The number of pyridine rings is 1. The van der Waals surface area contributed by atoms with Crippen molar-refractivity contribution in [2.45, 2.75) is 76.3 Å². The molecule has 2 saturated carbocycles. The van der Waals surface area contributed by atoms with E-state index in [2.05, 4.69) is 21.3 Å². The zero-order valence-corrected chi connectivity index (χ0v) is 16.9. The number of nitrogens with zero attached hydrogens (tertiary/aromatic N) is 3. The van der Waals surface area contributed by atoms with Crippen LogP contribution >= 0.6 is 0 Å². The van der Waals surface area contributed by atoms with Gasteiger partial charge in [-0.3, -0.25) is 4.90 Å². The second kappa shape index (κ2) is 9.59. The lowest BCUT2D eigenvalue weighted by Gasteiger charge is -2.36. The maximum atomic E-state index is 13.3. The highest BCUT2D eigenvalue weighted by Gasteiger charge is 2.30. The van der Waals surface area contributed by atoms with E-state index in [4.69, 9.17) is 4.74 Å². The largest absolute Gasteiger partial charge is 0.378 e. The van der Waals surface area contributed by atoms with Gasteiger partial charge in [-0.1, -0.05) is 38.5 Å². The maximum absolute atomic E-state index is 13.3. The van der Waals surface area contributed by atoms with Gasteiger partial charge in [0, 0.05) is 43.1 Å². The fraction of sp³-hybridized carbons (Fsp3) is 0.727. The first kappa shape index (κ1) is 19.5. The van der Waals surface area contributed by atoms with Crippen molar-refractivity contribution in [2.24, 2.45) is 0 Å². The molecule has 1 saturated heterocycles. The lowest BCUT2D eigenvalue weighted by molar-refractivity contribution is 0.122. The molecule has 0 unspecified atom stereocenters. The molecular formula is C22H34N4O2. The molecular weight excluding hydrogens is 352 g/mol. The van der Waals surface area contributed by atoms with Gasteiger partial charge in [-0.05, 0) is 31.7 Å². The van der Waals surface area contributed by atoms with Crippen LogP contribution in [-0.4, -0.2) is 49.4 Å². The second-order valence-corrected chi connectivity index (χ2v) is 8.42. The number of carbonyl (C=O) groups excluding carboxylic acids is 1. The van der Waals surface area contributed by atoms with Gasteiger partial charge < -0.3 is 15.0 Å². The third-order valence-corrected chi connectivity index (χ3v) is 6.44.